The summed E-state index contributed by atoms with van der Waals surface area (Å²) in [5, 5.41) is 11.7. The third-order valence-electron chi connectivity index (χ3n) is 2.80. The Bertz CT molecular complexity index is 679. The number of nitrogens with zero attached hydrogens (tertiary/aromatic N) is 1. The first-order valence-electron chi connectivity index (χ1n) is 5.91. The molecule has 0 N–H and O–H groups in total. The van der Waals surface area contributed by atoms with E-state index in [9.17, 15) is 10.1 Å². The highest BCUT2D eigenvalue weighted by molar-refractivity contribution is 9.10. The van der Waals surface area contributed by atoms with Crippen molar-refractivity contribution in [2.45, 2.75) is 11.9 Å². The number of non-ortho nitro benzene ring substituents is 1. The Kier molecular flexibility index (Phi) is 5.61. The summed E-state index contributed by atoms with van der Waals surface area (Å²) in [5.74, 6) is 0.710. The summed E-state index contributed by atoms with van der Waals surface area (Å²) in [4.78, 5) is 10.2. The lowest BCUT2D eigenvalue weighted by atomic mass is 10.2. The van der Waals surface area contributed by atoms with E-state index in [0.717, 1.165) is 10.0 Å². The zero-order valence-electron chi connectivity index (χ0n) is 10.7. The number of nitro groups is 1. The summed E-state index contributed by atoms with van der Waals surface area (Å²) in [6.45, 7) is 0.250. The van der Waals surface area contributed by atoms with Gasteiger partial charge in [-0.2, -0.15) is 0 Å². The van der Waals surface area contributed by atoms with Gasteiger partial charge in [-0.3, -0.25) is 10.1 Å². The zero-order chi connectivity index (χ0) is 15.4. The molecule has 21 heavy (non-hydrogen) atoms. The molecule has 2 aromatic carbocycles. The molecule has 0 aliphatic carbocycles. The maximum atomic E-state index is 10.7. The minimum atomic E-state index is -0.479. The van der Waals surface area contributed by atoms with Gasteiger partial charge in [-0.1, -0.05) is 43.5 Å². The molecule has 0 aliphatic heterocycles. The maximum absolute atomic E-state index is 10.7. The van der Waals surface area contributed by atoms with E-state index in [0.29, 0.717) is 21.7 Å². The van der Waals surface area contributed by atoms with Crippen molar-refractivity contribution < 1.29 is 9.66 Å². The summed E-state index contributed by atoms with van der Waals surface area (Å²) in [5.41, 5.74) is 1.74. The first-order valence-corrected chi connectivity index (χ1v) is 8.20. The highest BCUT2D eigenvalue weighted by Crippen LogP contribution is 2.27. The van der Waals surface area contributed by atoms with Gasteiger partial charge in [-0.25, -0.2) is 0 Å². The third-order valence-corrected chi connectivity index (χ3v) is 4.53. The van der Waals surface area contributed by atoms with Crippen LogP contribution >= 0.6 is 43.5 Å². The highest BCUT2D eigenvalue weighted by Gasteiger charge is 2.10. The number of halogens is 3. The van der Waals surface area contributed by atoms with Crippen molar-refractivity contribution in [2.24, 2.45) is 0 Å². The normalized spacial score (nSPS) is 10.4. The summed E-state index contributed by atoms with van der Waals surface area (Å²) in [6.07, 6.45) is 0. The van der Waals surface area contributed by atoms with Crippen molar-refractivity contribution in [2.75, 3.05) is 0 Å². The molecule has 2 aromatic rings. The molecule has 0 unspecified atom stereocenters. The van der Waals surface area contributed by atoms with Gasteiger partial charge >= 0.3 is 0 Å². The molecule has 0 bridgehead atoms. The summed E-state index contributed by atoms with van der Waals surface area (Å²) >= 11 is 12.9. The average molecular weight is 435 g/mol. The second-order valence-corrected chi connectivity index (χ2v) is 6.03. The number of alkyl halides is 1. The molecule has 2 rings (SSSR count). The Balaban J connectivity index is 2.11. The Morgan fingerprint density at radius 1 is 1.19 bits per heavy atom. The lowest BCUT2D eigenvalue weighted by Gasteiger charge is -2.09. The Morgan fingerprint density at radius 3 is 2.57 bits per heavy atom. The number of benzene rings is 2. The van der Waals surface area contributed by atoms with Crippen LogP contribution in [0.3, 0.4) is 0 Å². The van der Waals surface area contributed by atoms with Gasteiger partial charge in [0, 0.05) is 27.5 Å². The van der Waals surface area contributed by atoms with Crippen LogP contribution in [0.1, 0.15) is 11.1 Å². The lowest BCUT2D eigenvalue weighted by Crippen LogP contribution is -1.98. The van der Waals surface area contributed by atoms with E-state index in [1.807, 2.05) is 18.2 Å². The second-order valence-electron chi connectivity index (χ2n) is 4.21. The lowest BCUT2D eigenvalue weighted by molar-refractivity contribution is -0.384. The molecule has 7 heteroatoms. The zero-order valence-corrected chi connectivity index (χ0v) is 14.6. The Hall–Kier alpha value is -1.11. The van der Waals surface area contributed by atoms with Gasteiger partial charge < -0.3 is 4.74 Å². The number of rotatable bonds is 5. The van der Waals surface area contributed by atoms with Gasteiger partial charge in [-0.15, -0.1) is 0 Å². The molecule has 4 nitrogen and oxygen atoms in total. The number of hydrogen-bond acceptors (Lipinski definition) is 3. The van der Waals surface area contributed by atoms with E-state index in [1.165, 1.54) is 12.1 Å². The van der Waals surface area contributed by atoms with Gasteiger partial charge in [0.1, 0.15) is 12.4 Å². The van der Waals surface area contributed by atoms with E-state index < -0.39 is 4.92 Å². The molecule has 0 radical (unpaired) electrons. The van der Waals surface area contributed by atoms with Gasteiger partial charge in [-0.05, 0) is 29.8 Å². The van der Waals surface area contributed by atoms with Crippen molar-refractivity contribution >= 4 is 49.1 Å². The molecule has 0 spiro atoms. The van der Waals surface area contributed by atoms with Crippen molar-refractivity contribution in [3.63, 3.8) is 0 Å². The number of ether oxygens (including phenoxy) is 1. The molecule has 0 heterocycles. The van der Waals surface area contributed by atoms with Crippen molar-refractivity contribution in [3.05, 3.63) is 67.1 Å². The number of hydrogen-bond donors (Lipinski definition) is 0. The van der Waals surface area contributed by atoms with Gasteiger partial charge in [0.05, 0.1) is 9.95 Å². The highest BCUT2D eigenvalue weighted by atomic mass is 79.9. The van der Waals surface area contributed by atoms with Crippen LogP contribution in [0.15, 0.2) is 40.9 Å². The topological polar surface area (TPSA) is 52.4 Å². The van der Waals surface area contributed by atoms with Crippen molar-refractivity contribution in [1.82, 2.24) is 0 Å². The van der Waals surface area contributed by atoms with Gasteiger partial charge in [0.15, 0.2) is 0 Å². The van der Waals surface area contributed by atoms with Crippen LogP contribution in [-0.2, 0) is 11.9 Å². The predicted octanol–water partition coefficient (Wildman–Crippen LogP) is 5.48. The van der Waals surface area contributed by atoms with Crippen LogP contribution < -0.4 is 4.74 Å². The fourth-order valence-electron chi connectivity index (χ4n) is 1.67. The number of nitro benzene ring substituents is 1. The molecule has 0 fully saturated rings. The summed E-state index contributed by atoms with van der Waals surface area (Å²) in [7, 11) is 0. The molecule has 110 valence electrons. The van der Waals surface area contributed by atoms with Crippen LogP contribution in [0.5, 0.6) is 5.75 Å². The van der Waals surface area contributed by atoms with Crippen LogP contribution in [0.4, 0.5) is 5.69 Å². The third kappa shape index (κ3) is 4.18. The average Bonchev–Trinajstić information content (AvgIpc) is 2.47. The quantitative estimate of drug-likeness (QED) is 0.355. The first-order chi connectivity index (χ1) is 10.0. The molecule has 0 saturated heterocycles. The van der Waals surface area contributed by atoms with Crippen molar-refractivity contribution in [1.29, 1.82) is 0 Å². The van der Waals surface area contributed by atoms with Crippen molar-refractivity contribution in [3.8, 4) is 5.75 Å². The van der Waals surface area contributed by atoms with E-state index in [-0.39, 0.29) is 12.3 Å². The largest absolute Gasteiger partial charge is 0.489 e. The van der Waals surface area contributed by atoms with Crippen LogP contribution in [0, 0.1) is 10.1 Å². The molecule has 0 aromatic heterocycles. The summed E-state index contributed by atoms with van der Waals surface area (Å²) in [6, 6.07) is 10.0. The van der Waals surface area contributed by atoms with E-state index in [1.54, 1.807) is 6.07 Å². The predicted molar refractivity (Wildman–Crippen MR) is 89.2 cm³/mol. The van der Waals surface area contributed by atoms with Gasteiger partial charge in [0.25, 0.3) is 5.69 Å². The fourth-order valence-corrected chi connectivity index (χ4v) is 3.13. The molecule has 0 atom stereocenters. The maximum Gasteiger partial charge on any atom is 0.270 e. The first kappa shape index (κ1) is 16.3. The minimum absolute atomic E-state index is 0.0334. The van der Waals surface area contributed by atoms with E-state index in [2.05, 4.69) is 31.9 Å². The second kappa shape index (κ2) is 7.24. The van der Waals surface area contributed by atoms with Gasteiger partial charge in [0.2, 0.25) is 0 Å². The minimum Gasteiger partial charge on any atom is -0.489 e. The van der Waals surface area contributed by atoms with E-state index >= 15 is 0 Å². The van der Waals surface area contributed by atoms with Crippen LogP contribution in [-0.4, -0.2) is 4.92 Å². The van der Waals surface area contributed by atoms with Crippen LogP contribution in [0.25, 0.3) is 0 Å². The fraction of sp³-hybridized carbons (Fsp3) is 0.143. The Labute approximate surface area is 143 Å². The SMILES string of the molecule is O=[N+]([O-])c1ccc(COc2ccc(Br)c(CBr)c2)c(Cl)c1. The standard InChI is InChI=1S/C14H10Br2ClNO3/c15-7-10-5-12(3-4-13(10)16)21-8-9-1-2-11(18(19)20)6-14(9)17/h1-6H,7-8H2. The van der Waals surface area contributed by atoms with E-state index in [4.69, 9.17) is 16.3 Å². The molecule has 0 saturated carbocycles. The summed E-state index contributed by atoms with van der Waals surface area (Å²) < 4.78 is 6.67. The molecule has 0 aliphatic rings. The Morgan fingerprint density at radius 2 is 1.95 bits per heavy atom. The smallest absolute Gasteiger partial charge is 0.270 e. The molecule has 0 amide bonds. The monoisotopic (exact) mass is 433 g/mol. The molecular formula is C14H10Br2ClNO3. The van der Waals surface area contributed by atoms with Crippen LogP contribution in [0.2, 0.25) is 5.02 Å². The molecular weight excluding hydrogens is 425 g/mol.